The second-order valence-corrected chi connectivity index (χ2v) is 4.55. The Labute approximate surface area is 119 Å². The van der Waals surface area contributed by atoms with Crippen LogP contribution >= 0.6 is 0 Å². The van der Waals surface area contributed by atoms with Crippen LogP contribution in [0.15, 0.2) is 18.2 Å². The predicted molar refractivity (Wildman–Crippen MR) is 70.5 cm³/mol. The van der Waals surface area contributed by atoms with Gasteiger partial charge in [0.2, 0.25) is 0 Å². The third kappa shape index (κ3) is 5.33. The smallest absolute Gasteiger partial charge is 0.390 e. The van der Waals surface area contributed by atoms with Crippen LogP contribution in [0, 0.1) is 6.92 Å². The molecule has 0 saturated heterocycles. The van der Waals surface area contributed by atoms with Gasteiger partial charge < -0.3 is 15.3 Å². The average Bonchev–Trinajstić information content (AvgIpc) is 2.37. The van der Waals surface area contributed by atoms with Crippen LogP contribution in [0.3, 0.4) is 0 Å². The van der Waals surface area contributed by atoms with Crippen molar-refractivity contribution in [2.45, 2.75) is 19.5 Å². The van der Waals surface area contributed by atoms with E-state index < -0.39 is 31.1 Å². The van der Waals surface area contributed by atoms with E-state index in [1.807, 2.05) is 0 Å². The fourth-order valence-corrected chi connectivity index (χ4v) is 1.50. The molecule has 8 heteroatoms. The van der Waals surface area contributed by atoms with E-state index in [9.17, 15) is 22.8 Å². The van der Waals surface area contributed by atoms with E-state index in [0.717, 1.165) is 4.90 Å². The number of aromatic carboxylic acids is 1. The van der Waals surface area contributed by atoms with Gasteiger partial charge in [-0.05, 0) is 24.6 Å². The summed E-state index contributed by atoms with van der Waals surface area (Å²) in [6.45, 7) is 1.17. The molecular weight excluding hydrogens is 289 g/mol. The highest BCUT2D eigenvalue weighted by molar-refractivity contribution is 5.93. The van der Waals surface area contributed by atoms with Gasteiger partial charge in [-0.15, -0.1) is 0 Å². The van der Waals surface area contributed by atoms with Crippen molar-refractivity contribution < 1.29 is 27.9 Å². The number of hydrogen-bond acceptors (Lipinski definition) is 2. The normalized spacial score (nSPS) is 11.1. The number of carboxylic acid groups (broad SMARTS) is 1. The lowest BCUT2D eigenvalue weighted by molar-refractivity contribution is -0.135. The minimum atomic E-state index is -4.34. The van der Waals surface area contributed by atoms with E-state index in [1.165, 1.54) is 25.2 Å². The molecule has 0 saturated carbocycles. The number of aryl methyl sites for hydroxylation is 1. The number of amides is 2. The Morgan fingerprint density at radius 1 is 1.33 bits per heavy atom. The molecule has 0 radical (unpaired) electrons. The van der Waals surface area contributed by atoms with Gasteiger partial charge in [0.25, 0.3) is 0 Å². The molecule has 116 valence electrons. The van der Waals surface area contributed by atoms with Crippen molar-refractivity contribution in [3.05, 3.63) is 29.3 Å². The molecule has 21 heavy (non-hydrogen) atoms. The summed E-state index contributed by atoms with van der Waals surface area (Å²) in [5.41, 5.74) is 0.838. The second-order valence-electron chi connectivity index (χ2n) is 4.55. The van der Waals surface area contributed by atoms with Crippen LogP contribution in [-0.4, -0.2) is 41.8 Å². The van der Waals surface area contributed by atoms with Gasteiger partial charge in [-0.25, -0.2) is 9.59 Å². The summed E-state index contributed by atoms with van der Waals surface area (Å²) in [6.07, 6.45) is -5.45. The zero-order valence-electron chi connectivity index (χ0n) is 11.5. The molecule has 0 atom stereocenters. The van der Waals surface area contributed by atoms with Gasteiger partial charge in [-0.3, -0.25) is 0 Å². The molecule has 0 aliphatic heterocycles. The maximum Gasteiger partial charge on any atom is 0.390 e. The Balaban J connectivity index is 2.74. The third-order valence-corrected chi connectivity index (χ3v) is 2.80. The fourth-order valence-electron chi connectivity index (χ4n) is 1.50. The third-order valence-electron chi connectivity index (χ3n) is 2.80. The van der Waals surface area contributed by atoms with Crippen molar-refractivity contribution in [2.24, 2.45) is 0 Å². The number of urea groups is 1. The lowest BCUT2D eigenvalue weighted by Crippen LogP contribution is -2.34. The van der Waals surface area contributed by atoms with Crippen molar-refractivity contribution in [3.8, 4) is 0 Å². The van der Waals surface area contributed by atoms with Crippen molar-refractivity contribution in [1.82, 2.24) is 4.90 Å². The molecule has 0 bridgehead atoms. The van der Waals surface area contributed by atoms with Gasteiger partial charge in [0.05, 0.1) is 12.0 Å². The first-order chi connectivity index (χ1) is 9.60. The monoisotopic (exact) mass is 304 g/mol. The van der Waals surface area contributed by atoms with Crippen LogP contribution in [-0.2, 0) is 0 Å². The molecular formula is C13H15F3N2O3. The van der Waals surface area contributed by atoms with Gasteiger partial charge in [0.1, 0.15) is 0 Å². The molecule has 1 aromatic carbocycles. The van der Waals surface area contributed by atoms with E-state index in [0.29, 0.717) is 5.56 Å². The summed E-state index contributed by atoms with van der Waals surface area (Å²) in [5.74, 6) is -1.16. The number of carboxylic acids is 1. The minimum Gasteiger partial charge on any atom is -0.478 e. The van der Waals surface area contributed by atoms with Crippen molar-refractivity contribution in [3.63, 3.8) is 0 Å². The maximum absolute atomic E-state index is 12.1. The minimum absolute atomic E-state index is 0.0196. The number of hydrogen-bond donors (Lipinski definition) is 2. The van der Waals surface area contributed by atoms with Crippen LogP contribution in [0.25, 0.3) is 0 Å². The van der Waals surface area contributed by atoms with Gasteiger partial charge in [-0.2, -0.15) is 13.2 Å². The highest BCUT2D eigenvalue weighted by Gasteiger charge is 2.28. The molecule has 2 N–H and O–H groups in total. The van der Waals surface area contributed by atoms with Gasteiger partial charge >= 0.3 is 18.2 Å². The van der Waals surface area contributed by atoms with Crippen molar-refractivity contribution >= 4 is 17.7 Å². The lowest BCUT2D eigenvalue weighted by Gasteiger charge is -2.19. The van der Waals surface area contributed by atoms with Gasteiger partial charge in [0.15, 0.2) is 0 Å². The molecule has 0 aromatic heterocycles. The first kappa shape index (κ1) is 16.8. The zero-order chi connectivity index (χ0) is 16.2. The Morgan fingerprint density at radius 2 is 1.95 bits per heavy atom. The Morgan fingerprint density at radius 3 is 2.48 bits per heavy atom. The summed E-state index contributed by atoms with van der Waals surface area (Å²) < 4.78 is 36.3. The van der Waals surface area contributed by atoms with E-state index >= 15 is 0 Å². The number of nitrogens with zero attached hydrogens (tertiary/aromatic N) is 1. The molecule has 0 fully saturated rings. The number of nitrogens with one attached hydrogen (secondary N) is 1. The first-order valence-electron chi connectivity index (χ1n) is 6.03. The lowest BCUT2D eigenvalue weighted by atomic mass is 10.1. The number of alkyl halides is 3. The molecule has 0 spiro atoms. The second kappa shape index (κ2) is 6.47. The summed E-state index contributed by atoms with van der Waals surface area (Å²) in [7, 11) is 1.23. The average molecular weight is 304 g/mol. The Kier molecular flexibility index (Phi) is 5.17. The molecule has 5 nitrogen and oxygen atoms in total. The highest BCUT2D eigenvalue weighted by Crippen LogP contribution is 2.20. The molecule has 1 rings (SSSR count). The van der Waals surface area contributed by atoms with Crippen LogP contribution in [0.1, 0.15) is 22.3 Å². The molecule has 1 aromatic rings. The van der Waals surface area contributed by atoms with E-state index in [-0.39, 0.29) is 11.3 Å². The summed E-state index contributed by atoms with van der Waals surface area (Å²) in [6, 6.07) is 3.41. The van der Waals surface area contributed by atoms with E-state index in [1.54, 1.807) is 6.92 Å². The topological polar surface area (TPSA) is 69.6 Å². The quantitative estimate of drug-likeness (QED) is 0.898. The van der Waals surface area contributed by atoms with Crippen LogP contribution in [0.2, 0.25) is 0 Å². The highest BCUT2D eigenvalue weighted by atomic mass is 19.4. The molecule has 0 heterocycles. The number of benzene rings is 1. The van der Waals surface area contributed by atoms with Crippen molar-refractivity contribution in [2.75, 3.05) is 18.9 Å². The standard InChI is InChI=1S/C13H15F3N2O3/c1-8-3-4-9(11(19)20)7-10(8)17-12(21)18(2)6-5-13(14,15)16/h3-4,7H,5-6H2,1-2H3,(H,17,21)(H,19,20). The first-order valence-corrected chi connectivity index (χ1v) is 6.03. The zero-order valence-corrected chi connectivity index (χ0v) is 11.5. The summed E-state index contributed by atoms with van der Waals surface area (Å²) in [4.78, 5) is 23.5. The number of rotatable bonds is 4. The molecule has 0 aliphatic rings. The molecule has 0 aliphatic carbocycles. The maximum atomic E-state index is 12.1. The van der Waals surface area contributed by atoms with E-state index in [4.69, 9.17) is 5.11 Å². The van der Waals surface area contributed by atoms with Crippen LogP contribution < -0.4 is 5.32 Å². The summed E-state index contributed by atoms with van der Waals surface area (Å²) >= 11 is 0. The Hall–Kier alpha value is -2.25. The molecule has 0 unspecified atom stereocenters. The van der Waals surface area contributed by atoms with Gasteiger partial charge in [0, 0.05) is 19.3 Å². The fraction of sp³-hybridized carbons (Fsp3) is 0.385. The number of carbonyl (C=O) groups is 2. The number of anilines is 1. The van der Waals surface area contributed by atoms with Crippen molar-refractivity contribution in [1.29, 1.82) is 0 Å². The summed E-state index contributed by atoms with van der Waals surface area (Å²) in [5, 5.41) is 11.3. The van der Waals surface area contributed by atoms with Crippen LogP contribution in [0.4, 0.5) is 23.7 Å². The van der Waals surface area contributed by atoms with Crippen LogP contribution in [0.5, 0.6) is 0 Å². The number of carbonyl (C=O) groups excluding carboxylic acids is 1. The SMILES string of the molecule is Cc1ccc(C(=O)O)cc1NC(=O)N(C)CCC(F)(F)F. The van der Waals surface area contributed by atoms with Gasteiger partial charge in [-0.1, -0.05) is 6.07 Å². The molecule has 2 amide bonds. The predicted octanol–water partition coefficient (Wildman–Crippen LogP) is 3.11. The largest absolute Gasteiger partial charge is 0.478 e. The Bertz CT molecular complexity index is 544. The number of halogens is 3. The van der Waals surface area contributed by atoms with E-state index in [2.05, 4.69) is 5.32 Å².